The molecule has 1 heterocycles. The van der Waals surface area contributed by atoms with E-state index in [0.29, 0.717) is 13.0 Å². The van der Waals surface area contributed by atoms with E-state index in [1.807, 2.05) is 0 Å². The monoisotopic (exact) mass is 367 g/mol. The second kappa shape index (κ2) is 7.08. The molecule has 6 nitrogen and oxygen atoms in total. The molecule has 1 saturated heterocycles. The zero-order valence-electron chi connectivity index (χ0n) is 14.2. The first kappa shape index (κ1) is 18.4. The number of allylic oxidation sites excluding steroid dienone is 2. The topological polar surface area (TPSA) is 92.5 Å². The third-order valence-electron chi connectivity index (χ3n) is 6.38. The molecule has 4 aliphatic rings. The number of nitrogens with one attached hydrogen (secondary N) is 1. The summed E-state index contributed by atoms with van der Waals surface area (Å²) in [6, 6.07) is 0.125. The lowest BCUT2D eigenvalue weighted by atomic mass is 9.85. The number of hydrogen-bond acceptors (Lipinski definition) is 4. The summed E-state index contributed by atoms with van der Waals surface area (Å²) in [7, 11) is 0. The van der Waals surface area contributed by atoms with Gasteiger partial charge in [-0.1, -0.05) is 18.6 Å². The summed E-state index contributed by atoms with van der Waals surface area (Å²) in [5, 5.41) is 2.85. The van der Waals surface area contributed by atoms with Crippen LogP contribution in [0.5, 0.6) is 0 Å². The normalized spacial score (nSPS) is 38.2. The van der Waals surface area contributed by atoms with Crippen LogP contribution < -0.4 is 11.1 Å². The Hall–Kier alpha value is -1.40. The van der Waals surface area contributed by atoms with Gasteiger partial charge >= 0.3 is 0 Å². The number of carbonyl (C=O) groups excluding carboxylic acids is 3. The smallest absolute Gasteiger partial charge is 0.233 e. The SMILES string of the molecule is Cl.N[C@@H]1CCC[C@H]1CC(=O)NCCN1C(=O)C2C3C=CC(C3)C2C1=O. The van der Waals surface area contributed by atoms with E-state index in [9.17, 15) is 14.4 Å². The van der Waals surface area contributed by atoms with Crippen LogP contribution in [0.1, 0.15) is 32.1 Å². The molecule has 3 amide bonds. The quantitative estimate of drug-likeness (QED) is 0.556. The molecule has 7 heteroatoms. The van der Waals surface area contributed by atoms with E-state index in [-0.39, 0.29) is 72.3 Å². The second-order valence-electron chi connectivity index (χ2n) is 7.74. The molecule has 0 aromatic rings. The molecule has 6 atom stereocenters. The van der Waals surface area contributed by atoms with Crippen LogP contribution in [0.2, 0.25) is 0 Å². The van der Waals surface area contributed by atoms with Gasteiger partial charge in [-0.3, -0.25) is 19.3 Å². The Morgan fingerprint density at radius 3 is 2.36 bits per heavy atom. The van der Waals surface area contributed by atoms with Gasteiger partial charge in [0.1, 0.15) is 0 Å². The van der Waals surface area contributed by atoms with Crippen molar-refractivity contribution >= 4 is 30.1 Å². The van der Waals surface area contributed by atoms with Gasteiger partial charge in [0.15, 0.2) is 0 Å². The minimum Gasteiger partial charge on any atom is -0.354 e. The number of hydrogen-bond donors (Lipinski definition) is 2. The highest BCUT2D eigenvalue weighted by Crippen LogP contribution is 2.52. The molecule has 4 unspecified atom stereocenters. The molecule has 3 fully saturated rings. The Bertz CT molecular complexity index is 578. The van der Waals surface area contributed by atoms with E-state index < -0.39 is 0 Å². The van der Waals surface area contributed by atoms with Crippen molar-refractivity contribution in [2.75, 3.05) is 13.1 Å². The number of likely N-dealkylation sites (tertiary alicyclic amines) is 1. The summed E-state index contributed by atoms with van der Waals surface area (Å²) >= 11 is 0. The highest BCUT2D eigenvalue weighted by molar-refractivity contribution is 6.06. The molecule has 4 rings (SSSR count). The van der Waals surface area contributed by atoms with Crippen LogP contribution in [-0.4, -0.2) is 41.8 Å². The summed E-state index contributed by atoms with van der Waals surface area (Å²) in [5.74, 6) is 0.307. The lowest BCUT2D eigenvalue weighted by molar-refractivity contribution is -0.141. The van der Waals surface area contributed by atoms with E-state index in [1.165, 1.54) is 4.90 Å². The van der Waals surface area contributed by atoms with Crippen LogP contribution in [0, 0.1) is 29.6 Å². The molecule has 2 saturated carbocycles. The summed E-state index contributed by atoms with van der Waals surface area (Å²) in [6.45, 7) is 0.618. The Balaban J connectivity index is 0.00000182. The summed E-state index contributed by atoms with van der Waals surface area (Å²) in [6.07, 6.45) is 8.67. The van der Waals surface area contributed by atoms with Crippen LogP contribution in [0.4, 0.5) is 0 Å². The first-order valence-electron chi connectivity index (χ1n) is 9.12. The number of nitrogens with two attached hydrogens (primary N) is 1. The fraction of sp³-hybridized carbons (Fsp3) is 0.722. The fourth-order valence-corrected chi connectivity index (χ4v) is 5.12. The standard InChI is InChI=1S/C18H25N3O3.ClH/c19-13-3-1-2-10(13)9-14(22)20-6-7-21-17(23)15-11-4-5-12(8-11)16(15)18(21)24;/h4-5,10-13,15-16H,1-3,6-9,19H2,(H,20,22);1H/t10-,11?,12?,13+,15?,16?;/m0./s1. The number of halogens is 1. The number of fused-ring (bicyclic) bond motifs is 5. The van der Waals surface area contributed by atoms with Gasteiger partial charge in [-0.2, -0.15) is 0 Å². The zero-order valence-corrected chi connectivity index (χ0v) is 15.0. The van der Waals surface area contributed by atoms with E-state index in [2.05, 4.69) is 17.5 Å². The van der Waals surface area contributed by atoms with Gasteiger partial charge in [-0.15, -0.1) is 12.4 Å². The molecule has 138 valence electrons. The maximum atomic E-state index is 12.5. The Morgan fingerprint density at radius 1 is 1.16 bits per heavy atom. The third kappa shape index (κ3) is 3.10. The highest BCUT2D eigenvalue weighted by Gasteiger charge is 2.58. The van der Waals surface area contributed by atoms with Gasteiger partial charge in [0.2, 0.25) is 17.7 Å². The minimum atomic E-state index is -0.153. The van der Waals surface area contributed by atoms with Gasteiger partial charge < -0.3 is 11.1 Å². The van der Waals surface area contributed by atoms with Crippen LogP contribution >= 0.6 is 12.4 Å². The summed E-state index contributed by atoms with van der Waals surface area (Å²) in [5.41, 5.74) is 5.99. The van der Waals surface area contributed by atoms with Crippen LogP contribution in [0.3, 0.4) is 0 Å². The molecule has 0 spiro atoms. The van der Waals surface area contributed by atoms with Crippen molar-refractivity contribution in [3.8, 4) is 0 Å². The van der Waals surface area contributed by atoms with Gasteiger partial charge in [-0.25, -0.2) is 0 Å². The summed E-state index contributed by atoms with van der Waals surface area (Å²) in [4.78, 5) is 38.4. The van der Waals surface area contributed by atoms with Gasteiger partial charge in [0.05, 0.1) is 11.8 Å². The average molecular weight is 368 g/mol. The molecular weight excluding hydrogens is 342 g/mol. The van der Waals surface area contributed by atoms with E-state index in [0.717, 1.165) is 25.7 Å². The van der Waals surface area contributed by atoms with Crippen LogP contribution in [0.25, 0.3) is 0 Å². The molecular formula is C18H26ClN3O3. The lowest BCUT2D eigenvalue weighted by Gasteiger charge is -2.18. The Kier molecular flexibility index (Phi) is 5.21. The number of amides is 3. The van der Waals surface area contributed by atoms with E-state index in [1.54, 1.807) is 0 Å². The predicted molar refractivity (Wildman–Crippen MR) is 94.6 cm³/mol. The molecule has 2 bridgehead atoms. The summed E-state index contributed by atoms with van der Waals surface area (Å²) < 4.78 is 0. The van der Waals surface area contributed by atoms with Crippen molar-refractivity contribution in [1.29, 1.82) is 0 Å². The first-order chi connectivity index (χ1) is 11.6. The predicted octanol–water partition coefficient (Wildman–Crippen LogP) is 0.849. The molecule has 0 aromatic carbocycles. The lowest BCUT2D eigenvalue weighted by Crippen LogP contribution is -2.40. The van der Waals surface area contributed by atoms with Gasteiger partial charge in [0.25, 0.3) is 0 Å². The Morgan fingerprint density at radius 2 is 1.80 bits per heavy atom. The first-order valence-corrected chi connectivity index (χ1v) is 9.12. The second-order valence-corrected chi connectivity index (χ2v) is 7.74. The Labute approximate surface area is 154 Å². The van der Waals surface area contributed by atoms with Crippen molar-refractivity contribution in [1.82, 2.24) is 10.2 Å². The van der Waals surface area contributed by atoms with E-state index >= 15 is 0 Å². The van der Waals surface area contributed by atoms with Gasteiger partial charge in [-0.05, 0) is 37.0 Å². The number of imide groups is 1. The zero-order chi connectivity index (χ0) is 16.8. The van der Waals surface area contributed by atoms with Crippen molar-refractivity contribution in [2.45, 2.75) is 38.1 Å². The van der Waals surface area contributed by atoms with Gasteiger partial charge in [0, 0.05) is 25.6 Å². The van der Waals surface area contributed by atoms with Crippen molar-refractivity contribution in [2.24, 2.45) is 35.3 Å². The molecule has 3 N–H and O–H groups in total. The maximum Gasteiger partial charge on any atom is 0.233 e. The average Bonchev–Trinajstić information content (AvgIpc) is 3.30. The van der Waals surface area contributed by atoms with Crippen LogP contribution in [0.15, 0.2) is 12.2 Å². The number of carbonyl (C=O) groups is 3. The number of rotatable bonds is 5. The maximum absolute atomic E-state index is 12.5. The highest BCUT2D eigenvalue weighted by atomic mass is 35.5. The van der Waals surface area contributed by atoms with Crippen LogP contribution in [-0.2, 0) is 14.4 Å². The molecule has 25 heavy (non-hydrogen) atoms. The van der Waals surface area contributed by atoms with Crippen molar-refractivity contribution in [3.63, 3.8) is 0 Å². The third-order valence-corrected chi connectivity index (χ3v) is 6.38. The van der Waals surface area contributed by atoms with Crippen molar-refractivity contribution < 1.29 is 14.4 Å². The number of nitrogens with zero attached hydrogens (tertiary/aromatic N) is 1. The van der Waals surface area contributed by atoms with E-state index in [4.69, 9.17) is 5.73 Å². The molecule has 1 aliphatic heterocycles. The minimum absolute atomic E-state index is 0. The molecule has 0 radical (unpaired) electrons. The molecule has 0 aromatic heterocycles. The fourth-order valence-electron chi connectivity index (χ4n) is 5.12. The largest absolute Gasteiger partial charge is 0.354 e. The van der Waals surface area contributed by atoms with Crippen molar-refractivity contribution in [3.05, 3.63) is 12.2 Å². The molecule has 3 aliphatic carbocycles.